The summed E-state index contributed by atoms with van der Waals surface area (Å²) in [7, 11) is 1.25. The standard InChI is InChI=1S/C18H12F2N2O3/c1-24-18(23)17-21-9-8-15(22-17)11-2-5-13(6-3-11)25-16-7-4-12(19)10-14(16)20/h2-10H,1H3. The monoisotopic (exact) mass is 342 g/mol. The molecule has 0 fully saturated rings. The topological polar surface area (TPSA) is 61.3 Å². The second-order valence-corrected chi connectivity index (χ2v) is 4.96. The molecule has 25 heavy (non-hydrogen) atoms. The average Bonchev–Trinajstić information content (AvgIpc) is 2.64. The summed E-state index contributed by atoms with van der Waals surface area (Å²) in [4.78, 5) is 19.4. The van der Waals surface area contributed by atoms with Gasteiger partial charge in [0.25, 0.3) is 0 Å². The minimum Gasteiger partial charge on any atom is -0.463 e. The van der Waals surface area contributed by atoms with Gasteiger partial charge in [-0.15, -0.1) is 0 Å². The number of nitrogens with zero attached hydrogens (tertiary/aromatic N) is 2. The molecule has 0 unspecified atom stereocenters. The lowest BCUT2D eigenvalue weighted by Gasteiger charge is -2.08. The maximum atomic E-state index is 13.6. The molecule has 1 heterocycles. The minimum atomic E-state index is -0.789. The predicted octanol–water partition coefficient (Wildman–Crippen LogP) is 4.00. The van der Waals surface area contributed by atoms with Crippen molar-refractivity contribution >= 4 is 5.97 Å². The van der Waals surface area contributed by atoms with Crippen molar-refractivity contribution in [3.63, 3.8) is 0 Å². The van der Waals surface area contributed by atoms with E-state index in [0.717, 1.165) is 12.1 Å². The van der Waals surface area contributed by atoms with Gasteiger partial charge in [0.1, 0.15) is 11.6 Å². The van der Waals surface area contributed by atoms with Crippen molar-refractivity contribution in [1.82, 2.24) is 9.97 Å². The lowest BCUT2D eigenvalue weighted by atomic mass is 10.1. The number of halogens is 2. The number of carbonyl (C=O) groups is 1. The zero-order valence-electron chi connectivity index (χ0n) is 13.1. The van der Waals surface area contributed by atoms with Crippen LogP contribution in [0, 0.1) is 11.6 Å². The highest BCUT2D eigenvalue weighted by Gasteiger charge is 2.11. The molecule has 0 amide bonds. The number of hydrogen-bond acceptors (Lipinski definition) is 5. The highest BCUT2D eigenvalue weighted by molar-refractivity contribution is 5.85. The minimum absolute atomic E-state index is 0.0475. The normalized spacial score (nSPS) is 10.4. The van der Waals surface area contributed by atoms with Crippen LogP contribution in [0.1, 0.15) is 10.6 Å². The van der Waals surface area contributed by atoms with E-state index in [4.69, 9.17) is 4.74 Å². The van der Waals surface area contributed by atoms with Gasteiger partial charge >= 0.3 is 5.97 Å². The van der Waals surface area contributed by atoms with Gasteiger partial charge in [-0.05, 0) is 42.5 Å². The van der Waals surface area contributed by atoms with Crippen LogP contribution in [0.3, 0.4) is 0 Å². The lowest BCUT2D eigenvalue weighted by Crippen LogP contribution is -2.07. The van der Waals surface area contributed by atoms with Crippen LogP contribution in [0.5, 0.6) is 11.5 Å². The van der Waals surface area contributed by atoms with Crippen molar-refractivity contribution in [3.8, 4) is 22.8 Å². The summed E-state index contributed by atoms with van der Waals surface area (Å²) < 4.78 is 36.5. The molecule has 126 valence electrons. The molecule has 0 aliphatic rings. The highest BCUT2D eigenvalue weighted by Crippen LogP contribution is 2.27. The number of methoxy groups -OCH3 is 1. The van der Waals surface area contributed by atoms with Gasteiger partial charge in [0.15, 0.2) is 11.6 Å². The van der Waals surface area contributed by atoms with E-state index in [9.17, 15) is 13.6 Å². The number of aromatic nitrogens is 2. The molecule has 2 aromatic carbocycles. The number of hydrogen-bond donors (Lipinski definition) is 0. The molecule has 3 aromatic rings. The van der Waals surface area contributed by atoms with Crippen LogP contribution in [-0.4, -0.2) is 23.0 Å². The third-order valence-electron chi connectivity index (χ3n) is 3.30. The number of ether oxygens (including phenoxy) is 2. The third kappa shape index (κ3) is 3.77. The Kier molecular flexibility index (Phi) is 4.65. The zero-order valence-corrected chi connectivity index (χ0v) is 13.1. The molecule has 0 bridgehead atoms. The van der Waals surface area contributed by atoms with E-state index < -0.39 is 17.6 Å². The molecule has 0 saturated carbocycles. The number of benzene rings is 2. The van der Waals surface area contributed by atoms with Gasteiger partial charge in [-0.2, -0.15) is 0 Å². The maximum absolute atomic E-state index is 13.6. The van der Waals surface area contributed by atoms with Crippen molar-refractivity contribution in [2.75, 3.05) is 7.11 Å². The van der Waals surface area contributed by atoms with E-state index in [1.54, 1.807) is 30.3 Å². The number of carbonyl (C=O) groups excluding carboxylic acids is 1. The van der Waals surface area contributed by atoms with Crippen LogP contribution in [0.4, 0.5) is 8.78 Å². The van der Waals surface area contributed by atoms with E-state index in [2.05, 4.69) is 14.7 Å². The van der Waals surface area contributed by atoms with Crippen LogP contribution >= 0.6 is 0 Å². The molecule has 5 nitrogen and oxygen atoms in total. The van der Waals surface area contributed by atoms with Crippen molar-refractivity contribution in [2.45, 2.75) is 0 Å². The van der Waals surface area contributed by atoms with E-state index in [0.29, 0.717) is 17.0 Å². The van der Waals surface area contributed by atoms with Crippen LogP contribution in [-0.2, 0) is 4.74 Å². The summed E-state index contributed by atoms with van der Waals surface area (Å²) >= 11 is 0. The first kappa shape index (κ1) is 16.5. The van der Waals surface area contributed by atoms with E-state index in [1.807, 2.05) is 0 Å². The van der Waals surface area contributed by atoms with Crippen molar-refractivity contribution in [2.24, 2.45) is 0 Å². The predicted molar refractivity (Wildman–Crippen MR) is 85.2 cm³/mol. The molecule has 0 aliphatic carbocycles. The van der Waals surface area contributed by atoms with E-state index in [1.165, 1.54) is 19.4 Å². The van der Waals surface area contributed by atoms with Gasteiger partial charge in [-0.3, -0.25) is 0 Å². The Morgan fingerprint density at radius 1 is 1.04 bits per heavy atom. The fourth-order valence-corrected chi connectivity index (χ4v) is 2.09. The Labute approximate surface area is 141 Å². The Morgan fingerprint density at radius 2 is 1.80 bits per heavy atom. The van der Waals surface area contributed by atoms with Crippen molar-refractivity contribution in [3.05, 3.63) is 72.2 Å². The van der Waals surface area contributed by atoms with Crippen LogP contribution in [0.25, 0.3) is 11.3 Å². The smallest absolute Gasteiger partial charge is 0.376 e. The number of rotatable bonds is 4. The van der Waals surface area contributed by atoms with Gasteiger partial charge in [0, 0.05) is 17.8 Å². The first-order valence-electron chi connectivity index (χ1n) is 7.21. The van der Waals surface area contributed by atoms with Crippen LogP contribution < -0.4 is 4.74 Å². The summed E-state index contributed by atoms with van der Waals surface area (Å²) in [5, 5.41) is 0. The first-order chi connectivity index (χ1) is 12.1. The average molecular weight is 342 g/mol. The molecule has 0 spiro atoms. The molecule has 0 saturated heterocycles. The number of esters is 1. The third-order valence-corrected chi connectivity index (χ3v) is 3.30. The maximum Gasteiger partial charge on any atom is 0.376 e. The summed E-state index contributed by atoms with van der Waals surface area (Å²) in [6, 6.07) is 11.3. The van der Waals surface area contributed by atoms with Gasteiger partial charge in [0.05, 0.1) is 12.8 Å². The molecule has 0 atom stereocenters. The van der Waals surface area contributed by atoms with Gasteiger partial charge < -0.3 is 9.47 Å². The fourth-order valence-electron chi connectivity index (χ4n) is 2.09. The summed E-state index contributed by atoms with van der Waals surface area (Å²) in [5.74, 6) is -1.85. The first-order valence-corrected chi connectivity index (χ1v) is 7.21. The molecule has 1 aromatic heterocycles. The van der Waals surface area contributed by atoms with Crippen molar-refractivity contribution < 1.29 is 23.0 Å². The molecule has 0 aliphatic heterocycles. The molecule has 3 rings (SSSR count). The summed E-state index contributed by atoms with van der Waals surface area (Å²) in [6.45, 7) is 0. The van der Waals surface area contributed by atoms with Gasteiger partial charge in [-0.25, -0.2) is 23.5 Å². The Hall–Kier alpha value is -3.35. The summed E-state index contributed by atoms with van der Waals surface area (Å²) in [5.41, 5.74) is 1.23. The molecule has 0 N–H and O–H groups in total. The van der Waals surface area contributed by atoms with E-state index >= 15 is 0 Å². The SMILES string of the molecule is COC(=O)c1nccc(-c2ccc(Oc3ccc(F)cc3F)cc2)n1. The van der Waals surface area contributed by atoms with Crippen molar-refractivity contribution in [1.29, 1.82) is 0 Å². The molecular formula is C18H12F2N2O3. The highest BCUT2D eigenvalue weighted by atomic mass is 19.1. The fraction of sp³-hybridized carbons (Fsp3) is 0.0556. The second kappa shape index (κ2) is 7.04. The van der Waals surface area contributed by atoms with Crippen LogP contribution in [0.2, 0.25) is 0 Å². The van der Waals surface area contributed by atoms with E-state index in [-0.39, 0.29) is 11.6 Å². The van der Waals surface area contributed by atoms with Gasteiger partial charge in [-0.1, -0.05) is 0 Å². The Morgan fingerprint density at radius 3 is 2.48 bits per heavy atom. The zero-order chi connectivity index (χ0) is 17.8. The lowest BCUT2D eigenvalue weighted by molar-refractivity contribution is 0.0587. The Balaban J connectivity index is 1.81. The molecular weight excluding hydrogens is 330 g/mol. The largest absolute Gasteiger partial charge is 0.463 e. The van der Waals surface area contributed by atoms with Gasteiger partial charge in [0.2, 0.25) is 5.82 Å². The molecule has 7 heteroatoms. The Bertz CT molecular complexity index is 914. The molecule has 0 radical (unpaired) electrons. The second-order valence-electron chi connectivity index (χ2n) is 4.96. The quantitative estimate of drug-likeness (QED) is 0.671. The summed E-state index contributed by atoms with van der Waals surface area (Å²) in [6.07, 6.45) is 1.45. The van der Waals surface area contributed by atoms with Crippen LogP contribution in [0.15, 0.2) is 54.7 Å².